The van der Waals surface area contributed by atoms with E-state index in [1.165, 1.54) is 18.2 Å². The summed E-state index contributed by atoms with van der Waals surface area (Å²) in [6.07, 6.45) is 4.68. The zero-order chi connectivity index (χ0) is 15.8. The molecule has 1 amide bonds. The Bertz CT molecular complexity index is 660. The van der Waals surface area contributed by atoms with E-state index in [2.05, 4.69) is 11.9 Å². The zero-order valence-electron chi connectivity index (χ0n) is 12.0. The SMILES string of the molecule is C=CCOc1ccc(NC(=O)/C=C/c2ccc(F)cc2)cc1. The molecule has 0 atom stereocenters. The molecule has 0 fully saturated rings. The van der Waals surface area contributed by atoms with Crippen LogP contribution in [0.25, 0.3) is 6.08 Å². The number of benzene rings is 2. The first-order valence-corrected chi connectivity index (χ1v) is 6.76. The van der Waals surface area contributed by atoms with Gasteiger partial charge in [0.05, 0.1) is 0 Å². The molecule has 0 saturated carbocycles. The number of ether oxygens (including phenoxy) is 1. The molecule has 1 N–H and O–H groups in total. The molecule has 0 heterocycles. The molecule has 0 spiro atoms. The molecule has 0 aliphatic heterocycles. The fourth-order valence-electron chi connectivity index (χ4n) is 1.72. The van der Waals surface area contributed by atoms with Gasteiger partial charge in [-0.05, 0) is 48.0 Å². The third-order valence-electron chi connectivity index (χ3n) is 2.79. The van der Waals surface area contributed by atoms with Crippen molar-refractivity contribution in [3.05, 3.63) is 78.6 Å². The molecule has 0 aliphatic carbocycles. The van der Waals surface area contributed by atoms with Gasteiger partial charge >= 0.3 is 0 Å². The predicted octanol–water partition coefficient (Wildman–Crippen LogP) is 4.04. The molecule has 22 heavy (non-hydrogen) atoms. The molecule has 0 aliphatic rings. The van der Waals surface area contributed by atoms with E-state index >= 15 is 0 Å². The highest BCUT2D eigenvalue weighted by Gasteiger charge is 1.99. The number of carbonyl (C=O) groups excluding carboxylic acids is 1. The second-order valence-electron chi connectivity index (χ2n) is 4.50. The highest BCUT2D eigenvalue weighted by molar-refractivity contribution is 6.01. The van der Waals surface area contributed by atoms with Crippen molar-refractivity contribution in [3.63, 3.8) is 0 Å². The average Bonchev–Trinajstić information content (AvgIpc) is 2.54. The van der Waals surface area contributed by atoms with Gasteiger partial charge in [0, 0.05) is 11.8 Å². The summed E-state index contributed by atoms with van der Waals surface area (Å²) in [7, 11) is 0. The number of nitrogens with one attached hydrogen (secondary N) is 1. The molecule has 112 valence electrons. The normalized spacial score (nSPS) is 10.4. The third-order valence-corrected chi connectivity index (χ3v) is 2.79. The number of rotatable bonds is 6. The monoisotopic (exact) mass is 297 g/mol. The highest BCUT2D eigenvalue weighted by Crippen LogP contribution is 2.15. The van der Waals surface area contributed by atoms with Crippen molar-refractivity contribution in [1.82, 2.24) is 0 Å². The van der Waals surface area contributed by atoms with E-state index in [9.17, 15) is 9.18 Å². The summed E-state index contributed by atoms with van der Waals surface area (Å²) in [6.45, 7) is 4.01. The van der Waals surface area contributed by atoms with Gasteiger partial charge in [-0.2, -0.15) is 0 Å². The van der Waals surface area contributed by atoms with Crippen LogP contribution in [0.2, 0.25) is 0 Å². The Kier molecular flexibility index (Phi) is 5.49. The number of hydrogen-bond donors (Lipinski definition) is 1. The number of amides is 1. The molecule has 0 aromatic heterocycles. The van der Waals surface area contributed by atoms with E-state index in [0.29, 0.717) is 18.0 Å². The van der Waals surface area contributed by atoms with Crippen LogP contribution in [0.3, 0.4) is 0 Å². The summed E-state index contributed by atoms with van der Waals surface area (Å²) in [4.78, 5) is 11.8. The van der Waals surface area contributed by atoms with Crippen molar-refractivity contribution >= 4 is 17.7 Å². The van der Waals surface area contributed by atoms with Gasteiger partial charge in [0.1, 0.15) is 18.2 Å². The molecule has 2 rings (SSSR count). The lowest BCUT2D eigenvalue weighted by Gasteiger charge is -2.05. The maximum Gasteiger partial charge on any atom is 0.248 e. The lowest BCUT2D eigenvalue weighted by atomic mass is 10.2. The summed E-state index contributed by atoms with van der Waals surface area (Å²) in [5.41, 5.74) is 1.42. The van der Waals surface area contributed by atoms with E-state index in [0.717, 1.165) is 5.56 Å². The van der Waals surface area contributed by atoms with Crippen LogP contribution in [0, 0.1) is 5.82 Å². The van der Waals surface area contributed by atoms with Gasteiger partial charge in [-0.1, -0.05) is 24.8 Å². The summed E-state index contributed by atoms with van der Waals surface area (Å²) < 4.78 is 18.1. The molecular formula is C18H16FNO2. The minimum absolute atomic E-state index is 0.260. The molecule has 2 aromatic carbocycles. The average molecular weight is 297 g/mol. The van der Waals surface area contributed by atoms with E-state index in [1.807, 2.05) is 0 Å². The topological polar surface area (TPSA) is 38.3 Å². The predicted molar refractivity (Wildman–Crippen MR) is 86.2 cm³/mol. The molecule has 0 radical (unpaired) electrons. The van der Waals surface area contributed by atoms with Gasteiger partial charge in [0.15, 0.2) is 0 Å². The van der Waals surface area contributed by atoms with E-state index in [-0.39, 0.29) is 11.7 Å². The largest absolute Gasteiger partial charge is 0.490 e. The minimum atomic E-state index is -0.305. The summed E-state index contributed by atoms with van der Waals surface area (Å²) in [5.74, 6) is 0.143. The third kappa shape index (κ3) is 4.90. The van der Waals surface area contributed by atoms with E-state index in [1.54, 1.807) is 48.6 Å². The number of carbonyl (C=O) groups is 1. The maximum atomic E-state index is 12.8. The van der Waals surface area contributed by atoms with Crippen LogP contribution in [-0.2, 0) is 4.79 Å². The van der Waals surface area contributed by atoms with Crippen LogP contribution in [-0.4, -0.2) is 12.5 Å². The quantitative estimate of drug-likeness (QED) is 0.645. The summed E-state index contributed by atoms with van der Waals surface area (Å²) >= 11 is 0. The highest BCUT2D eigenvalue weighted by atomic mass is 19.1. The first kappa shape index (κ1) is 15.5. The molecule has 0 unspecified atom stereocenters. The van der Waals surface area contributed by atoms with Crippen LogP contribution in [0.1, 0.15) is 5.56 Å². The second kappa shape index (κ2) is 7.78. The van der Waals surface area contributed by atoms with Crippen molar-refractivity contribution < 1.29 is 13.9 Å². The molecule has 0 saturated heterocycles. The van der Waals surface area contributed by atoms with Crippen LogP contribution in [0.4, 0.5) is 10.1 Å². The Labute approximate surface area is 128 Å². The van der Waals surface area contributed by atoms with Crippen molar-refractivity contribution in [2.75, 3.05) is 11.9 Å². The minimum Gasteiger partial charge on any atom is -0.490 e. The Balaban J connectivity index is 1.91. The van der Waals surface area contributed by atoms with Gasteiger partial charge < -0.3 is 10.1 Å². The van der Waals surface area contributed by atoms with Gasteiger partial charge in [-0.25, -0.2) is 4.39 Å². The molecule has 0 bridgehead atoms. The molecule has 2 aromatic rings. The second-order valence-corrected chi connectivity index (χ2v) is 4.50. The van der Waals surface area contributed by atoms with Crippen LogP contribution in [0.5, 0.6) is 5.75 Å². The Morgan fingerprint density at radius 2 is 1.82 bits per heavy atom. The summed E-state index contributed by atoms with van der Waals surface area (Å²) in [5, 5.41) is 2.73. The van der Waals surface area contributed by atoms with Crippen molar-refractivity contribution in [2.45, 2.75) is 0 Å². The first-order valence-electron chi connectivity index (χ1n) is 6.76. The van der Waals surface area contributed by atoms with Crippen LogP contribution < -0.4 is 10.1 Å². The van der Waals surface area contributed by atoms with Crippen molar-refractivity contribution in [3.8, 4) is 5.75 Å². The fraction of sp³-hybridized carbons (Fsp3) is 0.0556. The van der Waals surface area contributed by atoms with E-state index < -0.39 is 0 Å². The lowest BCUT2D eigenvalue weighted by molar-refractivity contribution is -0.111. The Hall–Kier alpha value is -2.88. The zero-order valence-corrected chi connectivity index (χ0v) is 12.0. The fourth-order valence-corrected chi connectivity index (χ4v) is 1.72. The number of hydrogen-bond acceptors (Lipinski definition) is 2. The molecule has 3 nitrogen and oxygen atoms in total. The van der Waals surface area contributed by atoms with Gasteiger partial charge in [0.2, 0.25) is 5.91 Å². The first-order chi connectivity index (χ1) is 10.7. The van der Waals surface area contributed by atoms with Crippen molar-refractivity contribution in [1.29, 1.82) is 0 Å². The maximum absolute atomic E-state index is 12.8. The summed E-state index contributed by atoms with van der Waals surface area (Å²) in [6, 6.07) is 12.9. The molecule has 4 heteroatoms. The standard InChI is InChI=1S/C18H16FNO2/c1-2-13-22-17-10-8-16(9-11-17)20-18(21)12-5-14-3-6-15(19)7-4-14/h2-12H,1,13H2,(H,20,21)/b12-5+. The number of anilines is 1. The van der Waals surface area contributed by atoms with Crippen LogP contribution in [0.15, 0.2) is 67.3 Å². The Morgan fingerprint density at radius 1 is 1.14 bits per heavy atom. The number of halogens is 1. The molecular weight excluding hydrogens is 281 g/mol. The van der Waals surface area contributed by atoms with Crippen molar-refractivity contribution in [2.24, 2.45) is 0 Å². The smallest absolute Gasteiger partial charge is 0.248 e. The van der Waals surface area contributed by atoms with Gasteiger partial charge in [-0.15, -0.1) is 0 Å². The van der Waals surface area contributed by atoms with Gasteiger partial charge in [-0.3, -0.25) is 4.79 Å². The van der Waals surface area contributed by atoms with Gasteiger partial charge in [0.25, 0.3) is 0 Å². The van der Waals surface area contributed by atoms with E-state index in [4.69, 9.17) is 4.74 Å². The lowest BCUT2D eigenvalue weighted by Crippen LogP contribution is -2.07. The van der Waals surface area contributed by atoms with Crippen LogP contribution >= 0.6 is 0 Å². The Morgan fingerprint density at radius 3 is 2.45 bits per heavy atom.